The number of nitrogens with one attached hydrogen (secondary N) is 1. The van der Waals surface area contributed by atoms with E-state index in [2.05, 4.69) is 5.32 Å². The number of nitrogens with zero attached hydrogens (tertiary/aromatic N) is 2. The average Bonchev–Trinajstić information content (AvgIpc) is 2.94. The second-order valence-electron chi connectivity index (χ2n) is 10.4. The molecule has 0 radical (unpaired) electrons. The van der Waals surface area contributed by atoms with Gasteiger partial charge in [0.1, 0.15) is 11.8 Å². The minimum Gasteiger partial charge on any atom is -0.492 e. The summed E-state index contributed by atoms with van der Waals surface area (Å²) < 4.78 is 32.4. The molecule has 2 amide bonds. The lowest BCUT2D eigenvalue weighted by Crippen LogP contribution is -2.52. The predicted molar refractivity (Wildman–Crippen MR) is 160 cm³/mol. The third-order valence-corrected chi connectivity index (χ3v) is 8.59. The van der Waals surface area contributed by atoms with Crippen LogP contribution in [0.1, 0.15) is 70.8 Å². The van der Waals surface area contributed by atoms with Crippen LogP contribution in [0.4, 0.5) is 5.69 Å². The lowest BCUT2D eigenvalue weighted by atomic mass is 9.95. The summed E-state index contributed by atoms with van der Waals surface area (Å²) in [5.74, 6) is 0.240. The quantitative estimate of drug-likeness (QED) is 0.327. The average molecular weight is 572 g/mol. The van der Waals surface area contributed by atoms with Crippen LogP contribution in [0.3, 0.4) is 0 Å². The van der Waals surface area contributed by atoms with Gasteiger partial charge in [0.2, 0.25) is 21.8 Å². The molecule has 0 aliphatic heterocycles. The number of benzene rings is 2. The first-order valence-electron chi connectivity index (χ1n) is 14.6. The summed E-state index contributed by atoms with van der Waals surface area (Å²) in [7, 11) is -3.61. The Labute approximate surface area is 240 Å². The Kier molecular flexibility index (Phi) is 12.3. The molecule has 1 atom stereocenters. The highest BCUT2D eigenvalue weighted by molar-refractivity contribution is 7.92. The van der Waals surface area contributed by atoms with Gasteiger partial charge in [0.15, 0.2) is 0 Å². The van der Waals surface area contributed by atoms with Crippen molar-refractivity contribution in [1.29, 1.82) is 0 Å². The van der Waals surface area contributed by atoms with Crippen molar-refractivity contribution in [2.24, 2.45) is 0 Å². The largest absolute Gasteiger partial charge is 0.492 e. The number of rotatable bonds is 15. The van der Waals surface area contributed by atoms with E-state index in [4.69, 9.17) is 4.74 Å². The highest BCUT2D eigenvalue weighted by Gasteiger charge is 2.30. The number of anilines is 1. The Bertz CT molecular complexity index is 1180. The van der Waals surface area contributed by atoms with Gasteiger partial charge in [-0.3, -0.25) is 13.9 Å². The monoisotopic (exact) mass is 571 g/mol. The number of carbonyl (C=O) groups is 2. The fraction of sp³-hybridized carbons (Fsp3) is 0.548. The summed E-state index contributed by atoms with van der Waals surface area (Å²) in [5.41, 5.74) is 1.55. The van der Waals surface area contributed by atoms with Gasteiger partial charge >= 0.3 is 0 Å². The van der Waals surface area contributed by atoms with Gasteiger partial charge in [0.05, 0.1) is 18.6 Å². The molecule has 0 aromatic heterocycles. The van der Waals surface area contributed by atoms with Gasteiger partial charge in [-0.2, -0.15) is 0 Å². The predicted octanol–water partition coefficient (Wildman–Crippen LogP) is 4.93. The van der Waals surface area contributed by atoms with Crippen LogP contribution in [0.5, 0.6) is 5.75 Å². The highest BCUT2D eigenvalue weighted by Crippen LogP contribution is 2.30. The molecule has 2 aromatic rings. The SMILES string of the molecule is CCOc1ccccc1N(CCCC(=O)N(CCc1ccccc1)C(CC)C(=O)NC1CCCCC1)S(C)(=O)=O. The molecule has 1 saturated carbocycles. The zero-order chi connectivity index (χ0) is 29.0. The van der Waals surface area contributed by atoms with Crippen molar-refractivity contribution in [2.75, 3.05) is 30.3 Å². The second kappa shape index (κ2) is 15.6. The molecule has 1 N–H and O–H groups in total. The van der Waals surface area contributed by atoms with E-state index in [0.29, 0.717) is 43.9 Å². The van der Waals surface area contributed by atoms with Gasteiger partial charge in [-0.05, 0) is 56.7 Å². The first-order valence-corrected chi connectivity index (χ1v) is 16.4. The molecular formula is C31H45N3O5S. The zero-order valence-corrected chi connectivity index (χ0v) is 25.0. The minimum absolute atomic E-state index is 0.0979. The van der Waals surface area contributed by atoms with Crippen molar-refractivity contribution >= 4 is 27.5 Å². The van der Waals surface area contributed by atoms with Crippen molar-refractivity contribution < 1.29 is 22.7 Å². The van der Waals surface area contributed by atoms with Crippen molar-refractivity contribution in [1.82, 2.24) is 10.2 Å². The number of sulfonamides is 1. The van der Waals surface area contributed by atoms with Gasteiger partial charge in [-0.25, -0.2) is 8.42 Å². The van der Waals surface area contributed by atoms with Crippen LogP contribution >= 0.6 is 0 Å². The Hall–Kier alpha value is -3.07. The van der Waals surface area contributed by atoms with E-state index in [9.17, 15) is 18.0 Å². The zero-order valence-electron chi connectivity index (χ0n) is 24.2. The minimum atomic E-state index is -3.61. The van der Waals surface area contributed by atoms with Crippen LogP contribution in [0.2, 0.25) is 0 Å². The summed E-state index contributed by atoms with van der Waals surface area (Å²) in [4.78, 5) is 28.7. The first-order chi connectivity index (χ1) is 19.2. The molecule has 0 spiro atoms. The molecule has 0 bridgehead atoms. The fourth-order valence-electron chi connectivity index (χ4n) is 5.36. The van der Waals surface area contributed by atoms with E-state index < -0.39 is 16.1 Å². The standard InChI is InChI=1S/C31H45N3O5S/c1-4-27(31(36)32-26-17-10-7-11-18-26)33(24-22-25-15-8-6-9-16-25)30(35)21-14-23-34(40(3,37)38)28-19-12-13-20-29(28)39-5-2/h6,8-9,12-13,15-16,19-20,26-27H,4-5,7,10-11,14,17-18,21-24H2,1-3H3,(H,32,36). The molecular weight excluding hydrogens is 526 g/mol. The van der Waals surface area contributed by atoms with Gasteiger partial charge in [-0.1, -0.05) is 68.7 Å². The molecule has 0 saturated heterocycles. The smallest absolute Gasteiger partial charge is 0.243 e. The summed E-state index contributed by atoms with van der Waals surface area (Å²) in [5, 5.41) is 3.20. The Morgan fingerprint density at radius 1 is 0.975 bits per heavy atom. The maximum Gasteiger partial charge on any atom is 0.243 e. The molecule has 2 aromatic carbocycles. The first kappa shape index (κ1) is 31.5. The Morgan fingerprint density at radius 2 is 1.65 bits per heavy atom. The van der Waals surface area contributed by atoms with Crippen molar-refractivity contribution in [3.8, 4) is 5.75 Å². The molecule has 1 aliphatic rings. The van der Waals surface area contributed by atoms with Gasteiger partial charge in [0, 0.05) is 25.6 Å². The molecule has 220 valence electrons. The maximum atomic E-state index is 13.7. The molecule has 1 aliphatic carbocycles. The highest BCUT2D eigenvalue weighted by atomic mass is 32.2. The number of carbonyl (C=O) groups excluding carboxylic acids is 2. The van der Waals surface area contributed by atoms with Crippen molar-refractivity contribution in [2.45, 2.75) is 83.7 Å². The molecule has 40 heavy (non-hydrogen) atoms. The van der Waals surface area contributed by atoms with E-state index in [1.54, 1.807) is 29.2 Å². The Morgan fingerprint density at radius 3 is 2.30 bits per heavy atom. The topological polar surface area (TPSA) is 96.0 Å². The van der Waals surface area contributed by atoms with Crippen molar-refractivity contribution in [3.05, 3.63) is 60.2 Å². The Balaban J connectivity index is 1.73. The number of hydrogen-bond acceptors (Lipinski definition) is 5. The molecule has 9 heteroatoms. The van der Waals surface area contributed by atoms with E-state index >= 15 is 0 Å². The normalized spacial score (nSPS) is 14.8. The van der Waals surface area contributed by atoms with E-state index in [1.165, 1.54) is 10.7 Å². The van der Waals surface area contributed by atoms with Crippen LogP contribution in [0.15, 0.2) is 54.6 Å². The lowest BCUT2D eigenvalue weighted by Gasteiger charge is -2.33. The van der Waals surface area contributed by atoms with Crippen LogP contribution in [0.25, 0.3) is 0 Å². The molecule has 8 nitrogen and oxygen atoms in total. The summed E-state index contributed by atoms with van der Waals surface area (Å²) in [6.07, 6.45) is 8.13. The van der Waals surface area contributed by atoms with Crippen molar-refractivity contribution in [3.63, 3.8) is 0 Å². The summed E-state index contributed by atoms with van der Waals surface area (Å²) in [6.45, 7) is 4.74. The number of hydrogen-bond donors (Lipinski definition) is 1. The molecule has 1 fully saturated rings. The summed E-state index contributed by atoms with van der Waals surface area (Å²) >= 11 is 0. The lowest BCUT2D eigenvalue weighted by molar-refractivity contribution is -0.141. The molecule has 0 heterocycles. The van der Waals surface area contributed by atoms with E-state index in [1.807, 2.05) is 44.2 Å². The van der Waals surface area contributed by atoms with E-state index in [0.717, 1.165) is 37.5 Å². The van der Waals surface area contributed by atoms with E-state index in [-0.39, 0.29) is 30.8 Å². The number of para-hydroxylation sites is 2. The van der Waals surface area contributed by atoms with Crippen LogP contribution in [0, 0.1) is 0 Å². The number of ether oxygens (including phenoxy) is 1. The fourth-order valence-corrected chi connectivity index (χ4v) is 6.33. The third-order valence-electron chi connectivity index (χ3n) is 7.41. The van der Waals surface area contributed by atoms with Crippen LogP contribution in [-0.4, -0.2) is 63.2 Å². The maximum absolute atomic E-state index is 13.7. The second-order valence-corrected chi connectivity index (χ2v) is 12.3. The van der Waals surface area contributed by atoms with Gasteiger partial charge in [-0.15, -0.1) is 0 Å². The van der Waals surface area contributed by atoms with Gasteiger partial charge < -0.3 is 15.0 Å². The number of amides is 2. The van der Waals surface area contributed by atoms with Crippen LogP contribution < -0.4 is 14.4 Å². The van der Waals surface area contributed by atoms with Gasteiger partial charge in [0.25, 0.3) is 0 Å². The van der Waals surface area contributed by atoms with Crippen LogP contribution in [-0.2, 0) is 26.0 Å². The molecule has 1 unspecified atom stereocenters. The third kappa shape index (κ3) is 9.25. The summed E-state index contributed by atoms with van der Waals surface area (Å²) in [6, 6.07) is 16.5. The molecule has 3 rings (SSSR count).